The highest BCUT2D eigenvalue weighted by Gasteiger charge is 2.17. The first-order chi connectivity index (χ1) is 14.6. The van der Waals surface area contributed by atoms with Crippen molar-refractivity contribution in [3.05, 3.63) is 88.1 Å². The molecule has 0 aliphatic heterocycles. The summed E-state index contributed by atoms with van der Waals surface area (Å²) in [6.07, 6.45) is 1.56. The summed E-state index contributed by atoms with van der Waals surface area (Å²) in [5.74, 6) is 1.21. The molecule has 0 fully saturated rings. The van der Waals surface area contributed by atoms with E-state index >= 15 is 0 Å². The second kappa shape index (κ2) is 8.59. The first-order valence-corrected chi connectivity index (χ1v) is 10.4. The summed E-state index contributed by atoms with van der Waals surface area (Å²) in [4.78, 5) is 30.6. The lowest BCUT2D eigenvalue weighted by molar-refractivity contribution is 0.101. The fourth-order valence-electron chi connectivity index (χ4n) is 3.20. The van der Waals surface area contributed by atoms with Gasteiger partial charge in [-0.1, -0.05) is 35.5 Å². The zero-order valence-corrected chi connectivity index (χ0v) is 17.4. The molecule has 2 heterocycles. The molecule has 0 N–H and O–H groups in total. The van der Waals surface area contributed by atoms with Crippen LogP contribution in [0.3, 0.4) is 0 Å². The maximum Gasteiger partial charge on any atom is 0.262 e. The summed E-state index contributed by atoms with van der Waals surface area (Å²) in [5.41, 5.74) is 1.93. The summed E-state index contributed by atoms with van der Waals surface area (Å²) in [6, 6.07) is 16.3. The summed E-state index contributed by atoms with van der Waals surface area (Å²) in [7, 11) is 1.54. The van der Waals surface area contributed by atoms with E-state index in [1.165, 1.54) is 11.8 Å². The van der Waals surface area contributed by atoms with Gasteiger partial charge in [0.2, 0.25) is 0 Å². The number of fused-ring (bicyclic) bond motifs is 1. The molecule has 4 rings (SSSR count). The Balaban J connectivity index is 1.69. The molecule has 0 saturated carbocycles. The standard InChI is InChI=1S/C23H20N2O4S/c1-15-9-10-21(28-2)18(12-15)20(26)14-30-23-24-19-8-4-3-7-17(19)22(27)25(23)13-16-6-5-11-29-16/h3-12H,13-14H2,1-2H3. The molecule has 0 aliphatic rings. The second-order valence-corrected chi connectivity index (χ2v) is 7.74. The third-order valence-electron chi connectivity index (χ3n) is 4.71. The fraction of sp³-hybridized carbons (Fsp3) is 0.174. The lowest BCUT2D eigenvalue weighted by Crippen LogP contribution is -2.24. The van der Waals surface area contributed by atoms with E-state index in [-0.39, 0.29) is 23.6 Å². The molecular formula is C23H20N2O4S. The number of ketones is 1. The van der Waals surface area contributed by atoms with Crippen LogP contribution in [-0.2, 0) is 6.54 Å². The number of aromatic nitrogens is 2. The van der Waals surface area contributed by atoms with Crippen LogP contribution in [0, 0.1) is 6.92 Å². The number of Topliss-reactive ketones (excluding diaryl/α,β-unsaturated/α-hetero) is 1. The number of aryl methyl sites for hydroxylation is 1. The van der Waals surface area contributed by atoms with E-state index in [0.717, 1.165) is 5.56 Å². The smallest absolute Gasteiger partial charge is 0.262 e. The van der Waals surface area contributed by atoms with Gasteiger partial charge in [0.05, 0.1) is 42.1 Å². The molecule has 6 nitrogen and oxygen atoms in total. The molecule has 0 bridgehead atoms. The van der Waals surface area contributed by atoms with Crippen LogP contribution < -0.4 is 10.3 Å². The Morgan fingerprint density at radius 2 is 2.00 bits per heavy atom. The van der Waals surface area contributed by atoms with Gasteiger partial charge >= 0.3 is 0 Å². The largest absolute Gasteiger partial charge is 0.496 e. The zero-order chi connectivity index (χ0) is 21.1. The molecule has 0 saturated heterocycles. The molecule has 30 heavy (non-hydrogen) atoms. The van der Waals surface area contributed by atoms with Crippen molar-refractivity contribution in [1.82, 2.24) is 9.55 Å². The Morgan fingerprint density at radius 1 is 1.17 bits per heavy atom. The van der Waals surface area contributed by atoms with Gasteiger partial charge in [0.1, 0.15) is 11.5 Å². The van der Waals surface area contributed by atoms with E-state index in [0.29, 0.717) is 33.1 Å². The van der Waals surface area contributed by atoms with Crippen LogP contribution in [0.15, 0.2) is 75.2 Å². The summed E-state index contributed by atoms with van der Waals surface area (Å²) >= 11 is 1.23. The van der Waals surface area contributed by atoms with Gasteiger partial charge < -0.3 is 9.15 Å². The maximum absolute atomic E-state index is 13.1. The molecule has 2 aromatic heterocycles. The van der Waals surface area contributed by atoms with Crippen molar-refractivity contribution >= 4 is 28.4 Å². The van der Waals surface area contributed by atoms with Crippen LogP contribution in [0.4, 0.5) is 0 Å². The monoisotopic (exact) mass is 420 g/mol. The van der Waals surface area contributed by atoms with Crippen LogP contribution in [-0.4, -0.2) is 28.2 Å². The highest BCUT2D eigenvalue weighted by Crippen LogP contribution is 2.24. The van der Waals surface area contributed by atoms with Crippen LogP contribution in [0.1, 0.15) is 21.7 Å². The van der Waals surface area contributed by atoms with Gasteiger partial charge in [0.15, 0.2) is 10.9 Å². The summed E-state index contributed by atoms with van der Waals surface area (Å²) in [6.45, 7) is 2.17. The van der Waals surface area contributed by atoms with Crippen molar-refractivity contribution in [3.8, 4) is 5.75 Å². The van der Waals surface area contributed by atoms with Crippen LogP contribution in [0.2, 0.25) is 0 Å². The SMILES string of the molecule is COc1ccc(C)cc1C(=O)CSc1nc2ccccc2c(=O)n1Cc1ccco1. The zero-order valence-electron chi connectivity index (χ0n) is 16.6. The normalized spacial score (nSPS) is 11.0. The maximum atomic E-state index is 13.1. The third kappa shape index (κ3) is 4.02. The minimum Gasteiger partial charge on any atom is -0.496 e. The number of carbonyl (C=O) groups is 1. The number of thioether (sulfide) groups is 1. The quantitative estimate of drug-likeness (QED) is 0.252. The Bertz CT molecular complexity index is 1260. The second-order valence-electron chi connectivity index (χ2n) is 6.80. The number of hydrogen-bond acceptors (Lipinski definition) is 6. The van der Waals surface area contributed by atoms with Gasteiger partial charge in [-0.2, -0.15) is 0 Å². The number of benzene rings is 2. The van der Waals surface area contributed by atoms with E-state index in [1.807, 2.05) is 31.2 Å². The predicted molar refractivity (Wildman–Crippen MR) is 117 cm³/mol. The minimum atomic E-state index is -0.167. The Kier molecular flexibility index (Phi) is 5.72. The van der Waals surface area contributed by atoms with Crippen molar-refractivity contribution in [2.75, 3.05) is 12.9 Å². The van der Waals surface area contributed by atoms with Crippen LogP contribution in [0.5, 0.6) is 5.75 Å². The molecular weight excluding hydrogens is 400 g/mol. The number of rotatable bonds is 7. The Hall–Kier alpha value is -3.32. The molecule has 2 aromatic carbocycles. The molecule has 4 aromatic rings. The lowest BCUT2D eigenvalue weighted by atomic mass is 10.1. The molecule has 7 heteroatoms. The average molecular weight is 420 g/mol. The molecule has 0 spiro atoms. The van der Waals surface area contributed by atoms with Gasteiger partial charge in [-0.25, -0.2) is 4.98 Å². The number of hydrogen-bond donors (Lipinski definition) is 0. The lowest BCUT2D eigenvalue weighted by Gasteiger charge is -2.13. The molecule has 0 unspecified atom stereocenters. The highest BCUT2D eigenvalue weighted by molar-refractivity contribution is 7.99. The highest BCUT2D eigenvalue weighted by atomic mass is 32.2. The molecule has 0 aliphatic carbocycles. The first-order valence-electron chi connectivity index (χ1n) is 9.39. The van der Waals surface area contributed by atoms with Gasteiger partial charge in [-0.3, -0.25) is 14.2 Å². The van der Waals surface area contributed by atoms with Crippen LogP contribution in [0.25, 0.3) is 10.9 Å². The van der Waals surface area contributed by atoms with E-state index in [2.05, 4.69) is 4.98 Å². The van der Waals surface area contributed by atoms with Gasteiger partial charge in [-0.05, 0) is 43.3 Å². The number of carbonyl (C=O) groups excluding carboxylic acids is 1. The van der Waals surface area contributed by atoms with Crippen LogP contribution >= 0.6 is 11.8 Å². The average Bonchev–Trinajstić information content (AvgIpc) is 3.27. The van der Waals surface area contributed by atoms with E-state index in [1.54, 1.807) is 48.3 Å². The van der Waals surface area contributed by atoms with Crippen molar-refractivity contribution in [2.24, 2.45) is 0 Å². The molecule has 0 amide bonds. The van der Waals surface area contributed by atoms with Crippen molar-refractivity contribution in [2.45, 2.75) is 18.6 Å². The number of para-hydroxylation sites is 1. The van der Waals surface area contributed by atoms with Gasteiger partial charge in [-0.15, -0.1) is 0 Å². The number of ether oxygens (including phenoxy) is 1. The van der Waals surface area contributed by atoms with Gasteiger partial charge in [0, 0.05) is 0 Å². The number of methoxy groups -OCH3 is 1. The van der Waals surface area contributed by atoms with E-state index in [4.69, 9.17) is 9.15 Å². The third-order valence-corrected chi connectivity index (χ3v) is 5.68. The Labute approximate surface area is 177 Å². The summed E-state index contributed by atoms with van der Waals surface area (Å²) in [5, 5.41) is 0.996. The molecule has 152 valence electrons. The topological polar surface area (TPSA) is 74.3 Å². The first kappa shape index (κ1) is 20.0. The summed E-state index contributed by atoms with van der Waals surface area (Å²) < 4.78 is 12.3. The van der Waals surface area contributed by atoms with Crippen molar-refractivity contribution in [1.29, 1.82) is 0 Å². The van der Waals surface area contributed by atoms with E-state index in [9.17, 15) is 9.59 Å². The fourth-order valence-corrected chi connectivity index (χ4v) is 4.09. The minimum absolute atomic E-state index is 0.0903. The molecule has 0 radical (unpaired) electrons. The number of furan rings is 1. The predicted octanol–water partition coefficient (Wildman–Crippen LogP) is 4.33. The van der Waals surface area contributed by atoms with Crippen molar-refractivity contribution < 1.29 is 13.9 Å². The van der Waals surface area contributed by atoms with Crippen molar-refractivity contribution in [3.63, 3.8) is 0 Å². The molecule has 0 atom stereocenters. The number of nitrogens with zero attached hydrogens (tertiary/aromatic N) is 2. The van der Waals surface area contributed by atoms with E-state index < -0.39 is 0 Å². The van der Waals surface area contributed by atoms with Gasteiger partial charge in [0.25, 0.3) is 5.56 Å². The Morgan fingerprint density at radius 3 is 2.77 bits per heavy atom.